The molecule has 0 spiro atoms. The van der Waals surface area contributed by atoms with Crippen LogP contribution in [0.4, 0.5) is 5.69 Å². The SMILES string of the molecule is Cc1ccc(NC(=O)CN(C)C(=O)C(CC(C)C)N2C(=O)c3ccccc3C2=O)cc1. The molecule has 4 amide bonds. The van der Waals surface area contributed by atoms with Gasteiger partial charge in [0.1, 0.15) is 6.04 Å². The molecule has 2 aromatic carbocycles. The molecule has 162 valence electrons. The number of nitrogens with one attached hydrogen (secondary N) is 1. The third-order valence-electron chi connectivity index (χ3n) is 5.21. The van der Waals surface area contributed by atoms with Gasteiger partial charge < -0.3 is 10.2 Å². The molecule has 0 radical (unpaired) electrons. The van der Waals surface area contributed by atoms with Crippen LogP contribution in [0.3, 0.4) is 0 Å². The molecule has 3 rings (SSSR count). The van der Waals surface area contributed by atoms with Crippen molar-refractivity contribution in [2.24, 2.45) is 5.92 Å². The van der Waals surface area contributed by atoms with Crippen LogP contribution >= 0.6 is 0 Å². The molecule has 7 heteroatoms. The number of aryl methyl sites for hydroxylation is 1. The van der Waals surface area contributed by atoms with Crippen LogP contribution in [0.2, 0.25) is 0 Å². The molecule has 0 aliphatic carbocycles. The molecule has 0 saturated carbocycles. The summed E-state index contributed by atoms with van der Waals surface area (Å²) < 4.78 is 0. The van der Waals surface area contributed by atoms with Gasteiger partial charge in [0, 0.05) is 12.7 Å². The van der Waals surface area contributed by atoms with Crippen LogP contribution in [0.1, 0.15) is 46.5 Å². The Morgan fingerprint density at radius 2 is 1.52 bits per heavy atom. The Labute approximate surface area is 182 Å². The summed E-state index contributed by atoms with van der Waals surface area (Å²) in [6.45, 7) is 5.60. The summed E-state index contributed by atoms with van der Waals surface area (Å²) in [5.41, 5.74) is 2.31. The van der Waals surface area contributed by atoms with Gasteiger partial charge in [-0.3, -0.25) is 24.1 Å². The molecule has 1 unspecified atom stereocenters. The van der Waals surface area contributed by atoms with E-state index in [0.29, 0.717) is 23.2 Å². The minimum atomic E-state index is -0.968. The summed E-state index contributed by atoms with van der Waals surface area (Å²) in [4.78, 5) is 53.8. The van der Waals surface area contributed by atoms with E-state index in [4.69, 9.17) is 0 Å². The van der Waals surface area contributed by atoms with Crippen molar-refractivity contribution >= 4 is 29.3 Å². The van der Waals surface area contributed by atoms with E-state index in [0.717, 1.165) is 10.5 Å². The monoisotopic (exact) mass is 421 g/mol. The summed E-state index contributed by atoms with van der Waals surface area (Å²) in [7, 11) is 1.50. The van der Waals surface area contributed by atoms with Gasteiger partial charge in [-0.1, -0.05) is 43.7 Å². The summed E-state index contributed by atoms with van der Waals surface area (Å²) in [5.74, 6) is -1.69. The number of anilines is 1. The molecule has 1 aliphatic rings. The molecule has 1 N–H and O–H groups in total. The van der Waals surface area contributed by atoms with Crippen LogP contribution < -0.4 is 5.32 Å². The van der Waals surface area contributed by atoms with Gasteiger partial charge in [0.05, 0.1) is 17.7 Å². The molecule has 0 saturated heterocycles. The molecule has 0 aromatic heterocycles. The number of imide groups is 1. The Balaban J connectivity index is 1.75. The number of amides is 4. The van der Waals surface area contributed by atoms with Crippen LogP contribution in [-0.2, 0) is 9.59 Å². The van der Waals surface area contributed by atoms with E-state index < -0.39 is 23.8 Å². The fourth-order valence-corrected chi connectivity index (χ4v) is 3.64. The van der Waals surface area contributed by atoms with Gasteiger partial charge in [-0.2, -0.15) is 0 Å². The number of fused-ring (bicyclic) bond motifs is 1. The highest BCUT2D eigenvalue weighted by atomic mass is 16.2. The standard InChI is InChI=1S/C24H27N3O4/c1-15(2)13-20(27-22(29)18-7-5-6-8-19(18)23(27)30)24(31)26(4)14-21(28)25-17-11-9-16(3)10-12-17/h5-12,15,20H,13-14H2,1-4H3,(H,25,28). The highest BCUT2D eigenvalue weighted by Crippen LogP contribution is 2.27. The Morgan fingerprint density at radius 3 is 2.03 bits per heavy atom. The van der Waals surface area contributed by atoms with Crippen LogP contribution in [0.5, 0.6) is 0 Å². The van der Waals surface area contributed by atoms with Gasteiger partial charge in [0.2, 0.25) is 11.8 Å². The van der Waals surface area contributed by atoms with Gasteiger partial charge in [0.15, 0.2) is 0 Å². The molecule has 31 heavy (non-hydrogen) atoms. The van der Waals surface area contributed by atoms with Crippen molar-refractivity contribution in [2.75, 3.05) is 18.9 Å². The number of nitrogens with zero attached hydrogens (tertiary/aromatic N) is 2. The predicted molar refractivity (Wildman–Crippen MR) is 118 cm³/mol. The highest BCUT2D eigenvalue weighted by molar-refractivity contribution is 6.22. The largest absolute Gasteiger partial charge is 0.335 e. The number of likely N-dealkylation sites (N-methyl/N-ethyl adjacent to an activating group) is 1. The first-order valence-corrected chi connectivity index (χ1v) is 10.3. The van der Waals surface area contributed by atoms with E-state index in [1.807, 2.05) is 32.9 Å². The lowest BCUT2D eigenvalue weighted by molar-refractivity contribution is -0.137. The molecule has 0 bridgehead atoms. The van der Waals surface area contributed by atoms with Crippen LogP contribution in [-0.4, -0.2) is 53.1 Å². The molecule has 1 atom stereocenters. The van der Waals surface area contributed by atoms with Crippen molar-refractivity contribution in [3.8, 4) is 0 Å². The van der Waals surface area contributed by atoms with Gasteiger partial charge in [-0.05, 0) is 43.5 Å². The minimum absolute atomic E-state index is 0.0630. The lowest BCUT2D eigenvalue weighted by atomic mass is 10.0. The van der Waals surface area contributed by atoms with Crippen molar-refractivity contribution in [2.45, 2.75) is 33.2 Å². The number of hydrogen-bond acceptors (Lipinski definition) is 4. The fraction of sp³-hybridized carbons (Fsp3) is 0.333. The topological polar surface area (TPSA) is 86.8 Å². The minimum Gasteiger partial charge on any atom is -0.335 e. The Kier molecular flexibility index (Phi) is 6.53. The lowest BCUT2D eigenvalue weighted by Crippen LogP contribution is -2.51. The second kappa shape index (κ2) is 9.12. The summed E-state index contributed by atoms with van der Waals surface area (Å²) >= 11 is 0. The average Bonchev–Trinajstić information content (AvgIpc) is 2.98. The second-order valence-corrected chi connectivity index (χ2v) is 8.28. The molecular formula is C24H27N3O4. The first kappa shape index (κ1) is 22.2. The maximum absolute atomic E-state index is 13.2. The normalized spacial score (nSPS) is 13.9. The lowest BCUT2D eigenvalue weighted by Gasteiger charge is -2.30. The molecule has 0 fully saturated rings. The Morgan fingerprint density at radius 1 is 0.968 bits per heavy atom. The zero-order valence-corrected chi connectivity index (χ0v) is 18.2. The number of carbonyl (C=O) groups is 4. The molecule has 1 heterocycles. The maximum Gasteiger partial charge on any atom is 0.262 e. The van der Waals surface area contributed by atoms with Crippen LogP contribution in [0.25, 0.3) is 0 Å². The van der Waals surface area contributed by atoms with E-state index in [9.17, 15) is 19.2 Å². The molecule has 1 aliphatic heterocycles. The van der Waals surface area contributed by atoms with E-state index in [1.165, 1.54) is 11.9 Å². The molecule has 2 aromatic rings. The fourth-order valence-electron chi connectivity index (χ4n) is 3.64. The van der Waals surface area contributed by atoms with Crippen LogP contribution in [0, 0.1) is 12.8 Å². The van der Waals surface area contributed by atoms with Gasteiger partial charge >= 0.3 is 0 Å². The number of rotatable bonds is 7. The van der Waals surface area contributed by atoms with Gasteiger partial charge in [-0.15, -0.1) is 0 Å². The Hall–Kier alpha value is -3.48. The highest BCUT2D eigenvalue weighted by Gasteiger charge is 2.43. The molecular weight excluding hydrogens is 394 g/mol. The third-order valence-corrected chi connectivity index (χ3v) is 5.21. The van der Waals surface area contributed by atoms with Gasteiger partial charge in [-0.25, -0.2) is 0 Å². The quantitative estimate of drug-likeness (QED) is 0.696. The zero-order chi connectivity index (χ0) is 22.7. The second-order valence-electron chi connectivity index (χ2n) is 8.28. The van der Waals surface area contributed by atoms with Crippen LogP contribution in [0.15, 0.2) is 48.5 Å². The molecule has 7 nitrogen and oxygen atoms in total. The van der Waals surface area contributed by atoms with E-state index >= 15 is 0 Å². The van der Waals surface area contributed by atoms with E-state index in [2.05, 4.69) is 5.32 Å². The average molecular weight is 421 g/mol. The van der Waals surface area contributed by atoms with Crippen molar-refractivity contribution in [1.29, 1.82) is 0 Å². The van der Waals surface area contributed by atoms with E-state index in [-0.39, 0.29) is 18.4 Å². The summed E-state index contributed by atoms with van der Waals surface area (Å²) in [6.07, 6.45) is 0.314. The third kappa shape index (κ3) is 4.82. The van der Waals surface area contributed by atoms with Crippen molar-refractivity contribution in [3.05, 3.63) is 65.2 Å². The smallest absolute Gasteiger partial charge is 0.262 e. The summed E-state index contributed by atoms with van der Waals surface area (Å²) in [6, 6.07) is 12.9. The maximum atomic E-state index is 13.2. The summed E-state index contributed by atoms with van der Waals surface area (Å²) in [5, 5.41) is 2.76. The number of hydrogen-bond donors (Lipinski definition) is 1. The van der Waals surface area contributed by atoms with Gasteiger partial charge in [0.25, 0.3) is 11.8 Å². The van der Waals surface area contributed by atoms with E-state index in [1.54, 1.807) is 36.4 Å². The number of benzene rings is 2. The Bertz CT molecular complexity index is 979. The van der Waals surface area contributed by atoms with Crippen molar-refractivity contribution < 1.29 is 19.2 Å². The van der Waals surface area contributed by atoms with Crippen molar-refractivity contribution in [3.63, 3.8) is 0 Å². The zero-order valence-electron chi connectivity index (χ0n) is 18.2. The first-order valence-electron chi connectivity index (χ1n) is 10.3. The number of carbonyl (C=O) groups excluding carboxylic acids is 4. The first-order chi connectivity index (χ1) is 14.7. The predicted octanol–water partition coefficient (Wildman–Crippen LogP) is 3.10. The van der Waals surface area contributed by atoms with Crippen molar-refractivity contribution in [1.82, 2.24) is 9.80 Å².